The maximum Gasteiger partial charge on any atom is 0.0717 e. The second kappa shape index (κ2) is 7.69. The molecule has 1 atom stereocenters. The van der Waals surface area contributed by atoms with Crippen molar-refractivity contribution in [1.82, 2.24) is 10.2 Å². The van der Waals surface area contributed by atoms with Crippen molar-refractivity contribution in [2.24, 2.45) is 0 Å². The molecule has 0 aromatic heterocycles. The lowest BCUT2D eigenvalue weighted by molar-refractivity contribution is -0.0197. The van der Waals surface area contributed by atoms with E-state index in [-0.39, 0.29) is 24.8 Å². The maximum absolute atomic E-state index is 6.04. The van der Waals surface area contributed by atoms with Crippen LogP contribution in [0.2, 0.25) is 0 Å². The third kappa shape index (κ3) is 4.87. The molecule has 0 aromatic carbocycles. The van der Waals surface area contributed by atoms with Gasteiger partial charge in [0.25, 0.3) is 0 Å². The van der Waals surface area contributed by atoms with E-state index in [4.69, 9.17) is 4.74 Å². The Morgan fingerprint density at radius 2 is 1.73 bits per heavy atom. The van der Waals surface area contributed by atoms with E-state index < -0.39 is 0 Å². The first-order valence-corrected chi connectivity index (χ1v) is 5.39. The van der Waals surface area contributed by atoms with Crippen LogP contribution in [0.5, 0.6) is 0 Å². The third-order valence-corrected chi connectivity index (χ3v) is 3.02. The molecule has 2 saturated heterocycles. The van der Waals surface area contributed by atoms with Gasteiger partial charge in [-0.25, -0.2) is 0 Å². The smallest absolute Gasteiger partial charge is 0.0717 e. The first-order chi connectivity index (χ1) is 6.34. The molecular weight excluding hydrogens is 235 g/mol. The number of nitrogens with zero attached hydrogens (tertiary/aromatic N) is 1. The van der Waals surface area contributed by atoms with Gasteiger partial charge in [0.15, 0.2) is 0 Å². The Kier molecular flexibility index (Phi) is 7.92. The molecule has 0 saturated carbocycles. The minimum absolute atomic E-state index is 0. The number of piperidine rings is 1. The highest BCUT2D eigenvalue weighted by molar-refractivity contribution is 5.85. The molecule has 3 nitrogen and oxygen atoms in total. The standard InChI is InChI=1S/C10H20N2O.2ClH/c1-12-7-4-10(8-12)13-9-2-5-11-6-3-9;;/h9-11H,2-8H2,1H3;2*1H. The molecule has 2 aliphatic heterocycles. The Labute approximate surface area is 105 Å². The summed E-state index contributed by atoms with van der Waals surface area (Å²) in [7, 11) is 2.17. The van der Waals surface area contributed by atoms with Crippen molar-refractivity contribution in [2.75, 3.05) is 33.2 Å². The highest BCUT2D eigenvalue weighted by atomic mass is 35.5. The lowest BCUT2D eigenvalue weighted by Crippen LogP contribution is -2.35. The number of hydrogen-bond acceptors (Lipinski definition) is 3. The molecule has 5 heteroatoms. The van der Waals surface area contributed by atoms with E-state index in [2.05, 4.69) is 17.3 Å². The van der Waals surface area contributed by atoms with E-state index in [0.29, 0.717) is 12.2 Å². The van der Waals surface area contributed by atoms with Crippen molar-refractivity contribution in [3.63, 3.8) is 0 Å². The van der Waals surface area contributed by atoms with Crippen molar-refractivity contribution in [3.05, 3.63) is 0 Å². The average Bonchev–Trinajstić information content (AvgIpc) is 2.53. The average molecular weight is 257 g/mol. The van der Waals surface area contributed by atoms with Crippen LogP contribution < -0.4 is 5.32 Å². The van der Waals surface area contributed by atoms with Gasteiger partial charge in [-0.1, -0.05) is 0 Å². The van der Waals surface area contributed by atoms with Gasteiger partial charge in [0.1, 0.15) is 0 Å². The van der Waals surface area contributed by atoms with E-state index in [1.165, 1.54) is 25.8 Å². The summed E-state index contributed by atoms with van der Waals surface area (Å²) in [6, 6.07) is 0. The molecular formula is C10H22Cl2N2O. The van der Waals surface area contributed by atoms with Crippen LogP contribution in [0.25, 0.3) is 0 Å². The molecule has 92 valence electrons. The Morgan fingerprint density at radius 3 is 2.27 bits per heavy atom. The molecule has 15 heavy (non-hydrogen) atoms. The Morgan fingerprint density at radius 1 is 1.07 bits per heavy atom. The lowest BCUT2D eigenvalue weighted by Gasteiger charge is -2.26. The Hall–Kier alpha value is 0.460. The number of likely N-dealkylation sites (N-methyl/N-ethyl adjacent to an activating group) is 1. The van der Waals surface area contributed by atoms with Crippen molar-refractivity contribution >= 4 is 24.8 Å². The van der Waals surface area contributed by atoms with Gasteiger partial charge in [0.05, 0.1) is 12.2 Å². The number of likely N-dealkylation sites (tertiary alicyclic amines) is 1. The fourth-order valence-corrected chi connectivity index (χ4v) is 2.21. The van der Waals surface area contributed by atoms with Crippen LogP contribution in [0.15, 0.2) is 0 Å². The molecule has 2 rings (SSSR count). The van der Waals surface area contributed by atoms with Crippen LogP contribution in [0, 0.1) is 0 Å². The summed E-state index contributed by atoms with van der Waals surface area (Å²) in [6.07, 6.45) is 4.65. The lowest BCUT2D eigenvalue weighted by atomic mass is 10.1. The molecule has 1 N–H and O–H groups in total. The van der Waals surface area contributed by atoms with Gasteiger partial charge in [-0.3, -0.25) is 0 Å². The van der Waals surface area contributed by atoms with Crippen LogP contribution >= 0.6 is 24.8 Å². The molecule has 0 aliphatic carbocycles. The van der Waals surface area contributed by atoms with E-state index in [9.17, 15) is 0 Å². The van der Waals surface area contributed by atoms with Gasteiger partial charge in [0.2, 0.25) is 0 Å². The molecule has 0 amide bonds. The summed E-state index contributed by atoms with van der Waals surface area (Å²) < 4.78 is 6.04. The molecule has 0 aromatic rings. The van der Waals surface area contributed by atoms with Gasteiger partial charge < -0.3 is 15.0 Å². The highest BCUT2D eigenvalue weighted by Gasteiger charge is 2.24. The Bertz CT molecular complexity index is 163. The number of nitrogens with one attached hydrogen (secondary N) is 1. The third-order valence-electron chi connectivity index (χ3n) is 3.02. The zero-order valence-corrected chi connectivity index (χ0v) is 10.9. The number of hydrogen-bond donors (Lipinski definition) is 1. The summed E-state index contributed by atoms with van der Waals surface area (Å²) in [5.74, 6) is 0. The zero-order chi connectivity index (χ0) is 9.10. The van der Waals surface area contributed by atoms with E-state index in [0.717, 1.165) is 19.6 Å². The molecule has 0 bridgehead atoms. The summed E-state index contributed by atoms with van der Waals surface area (Å²) in [5, 5.41) is 3.36. The van der Waals surface area contributed by atoms with Crippen LogP contribution in [0.4, 0.5) is 0 Å². The molecule has 0 spiro atoms. The number of ether oxygens (including phenoxy) is 1. The van der Waals surface area contributed by atoms with E-state index in [1.54, 1.807) is 0 Å². The highest BCUT2D eigenvalue weighted by Crippen LogP contribution is 2.16. The van der Waals surface area contributed by atoms with Gasteiger partial charge in [-0.15, -0.1) is 24.8 Å². The van der Waals surface area contributed by atoms with Crippen molar-refractivity contribution in [3.8, 4) is 0 Å². The van der Waals surface area contributed by atoms with Crippen molar-refractivity contribution in [1.29, 1.82) is 0 Å². The minimum Gasteiger partial charge on any atom is -0.374 e. The van der Waals surface area contributed by atoms with Crippen LogP contribution in [0.3, 0.4) is 0 Å². The summed E-state index contributed by atoms with van der Waals surface area (Å²) in [5.41, 5.74) is 0. The fraction of sp³-hybridized carbons (Fsp3) is 1.00. The van der Waals surface area contributed by atoms with Gasteiger partial charge in [-0.2, -0.15) is 0 Å². The minimum atomic E-state index is 0. The largest absolute Gasteiger partial charge is 0.374 e. The second-order valence-electron chi connectivity index (χ2n) is 4.26. The SMILES string of the molecule is CN1CCC(OC2CCNCC2)C1.Cl.Cl. The molecule has 1 unspecified atom stereocenters. The summed E-state index contributed by atoms with van der Waals surface area (Å²) in [4.78, 5) is 2.35. The fourth-order valence-electron chi connectivity index (χ4n) is 2.21. The van der Waals surface area contributed by atoms with Gasteiger partial charge >= 0.3 is 0 Å². The predicted octanol–water partition coefficient (Wildman–Crippen LogP) is 1.30. The van der Waals surface area contributed by atoms with Crippen LogP contribution in [-0.2, 0) is 4.74 Å². The first kappa shape index (κ1) is 15.5. The Balaban J connectivity index is 0.000000980. The first-order valence-electron chi connectivity index (χ1n) is 5.39. The number of rotatable bonds is 2. The van der Waals surface area contributed by atoms with Crippen molar-refractivity contribution < 1.29 is 4.74 Å². The zero-order valence-electron chi connectivity index (χ0n) is 9.28. The molecule has 2 fully saturated rings. The molecule has 0 radical (unpaired) electrons. The summed E-state index contributed by atoms with van der Waals surface area (Å²) in [6.45, 7) is 4.60. The monoisotopic (exact) mass is 256 g/mol. The summed E-state index contributed by atoms with van der Waals surface area (Å²) >= 11 is 0. The quantitative estimate of drug-likeness (QED) is 0.807. The second-order valence-corrected chi connectivity index (χ2v) is 4.26. The molecule has 2 heterocycles. The van der Waals surface area contributed by atoms with E-state index in [1.807, 2.05) is 0 Å². The predicted molar refractivity (Wildman–Crippen MR) is 67.4 cm³/mol. The number of halogens is 2. The van der Waals surface area contributed by atoms with Crippen LogP contribution in [-0.4, -0.2) is 50.3 Å². The molecule has 2 aliphatic rings. The van der Waals surface area contributed by atoms with Gasteiger partial charge in [0, 0.05) is 13.1 Å². The maximum atomic E-state index is 6.04. The van der Waals surface area contributed by atoms with Gasteiger partial charge in [-0.05, 0) is 39.4 Å². The van der Waals surface area contributed by atoms with E-state index >= 15 is 0 Å². The topological polar surface area (TPSA) is 24.5 Å². The normalized spacial score (nSPS) is 28.2. The van der Waals surface area contributed by atoms with Crippen LogP contribution in [0.1, 0.15) is 19.3 Å². The van der Waals surface area contributed by atoms with Crippen molar-refractivity contribution in [2.45, 2.75) is 31.5 Å².